The van der Waals surface area contributed by atoms with E-state index >= 15 is 0 Å². The van der Waals surface area contributed by atoms with Gasteiger partial charge in [0.05, 0.1) is 0 Å². The Morgan fingerprint density at radius 1 is 1.53 bits per heavy atom. The van der Waals surface area contributed by atoms with Crippen molar-refractivity contribution in [2.24, 2.45) is 5.73 Å². The molecule has 0 bridgehead atoms. The van der Waals surface area contributed by atoms with Crippen molar-refractivity contribution in [2.45, 2.75) is 32.9 Å². The first-order valence-corrected chi connectivity index (χ1v) is 7.26. The second kappa shape index (κ2) is 5.27. The third kappa shape index (κ3) is 2.58. The molecule has 0 aromatic carbocycles. The van der Waals surface area contributed by atoms with E-state index in [-0.39, 0.29) is 0 Å². The summed E-state index contributed by atoms with van der Waals surface area (Å²) >= 11 is 2.04. The smallest absolute Gasteiger partial charge is 0.0448 e. The molecule has 1 atom stereocenters. The summed E-state index contributed by atoms with van der Waals surface area (Å²) in [6, 6.07) is 2.81. The lowest BCUT2D eigenvalue weighted by Gasteiger charge is -2.29. The predicted octanol–water partition coefficient (Wildman–Crippen LogP) is 2.10. The van der Waals surface area contributed by atoms with Crippen LogP contribution in [0, 0.1) is 13.8 Å². The van der Waals surface area contributed by atoms with Crippen molar-refractivity contribution in [1.29, 1.82) is 0 Å². The Morgan fingerprint density at radius 3 is 2.88 bits per heavy atom. The van der Waals surface area contributed by atoms with Crippen molar-refractivity contribution < 1.29 is 0 Å². The lowest BCUT2D eigenvalue weighted by Crippen LogP contribution is -2.32. The molecule has 2 N–H and O–H groups in total. The summed E-state index contributed by atoms with van der Waals surface area (Å²) < 4.78 is 0. The Bertz CT molecular complexity index is 400. The van der Waals surface area contributed by atoms with E-state index in [2.05, 4.69) is 29.9 Å². The van der Waals surface area contributed by atoms with Gasteiger partial charge in [-0.05, 0) is 32.1 Å². The van der Waals surface area contributed by atoms with Gasteiger partial charge in [-0.25, -0.2) is 0 Å². The second-order valence-corrected chi connectivity index (χ2v) is 5.83. The number of nitrogens with zero attached hydrogens (tertiary/aromatic N) is 2. The van der Waals surface area contributed by atoms with Gasteiger partial charge in [0.2, 0.25) is 0 Å². The molecule has 1 aliphatic rings. The van der Waals surface area contributed by atoms with Crippen LogP contribution in [0.1, 0.15) is 23.4 Å². The Kier molecular flexibility index (Phi) is 3.94. The van der Waals surface area contributed by atoms with Crippen LogP contribution in [0.3, 0.4) is 0 Å². The van der Waals surface area contributed by atoms with Crippen molar-refractivity contribution in [1.82, 2.24) is 4.98 Å². The van der Waals surface area contributed by atoms with Gasteiger partial charge in [-0.15, -0.1) is 0 Å². The average molecular weight is 251 g/mol. The van der Waals surface area contributed by atoms with Gasteiger partial charge >= 0.3 is 0 Å². The topological polar surface area (TPSA) is 42.1 Å². The number of thioether (sulfide) groups is 1. The summed E-state index contributed by atoms with van der Waals surface area (Å²) in [6.45, 7) is 4.67. The molecule has 94 valence electrons. The third-order valence-electron chi connectivity index (χ3n) is 3.47. The van der Waals surface area contributed by atoms with E-state index < -0.39 is 0 Å². The highest BCUT2D eigenvalue weighted by atomic mass is 32.2. The number of aryl methyl sites for hydroxylation is 2. The van der Waals surface area contributed by atoms with E-state index in [1.807, 2.05) is 18.7 Å². The summed E-state index contributed by atoms with van der Waals surface area (Å²) in [5.74, 6) is 2.50. The lowest BCUT2D eigenvalue weighted by molar-refractivity contribution is 0.694. The largest absolute Gasteiger partial charge is 0.370 e. The van der Waals surface area contributed by atoms with E-state index in [1.165, 1.54) is 29.2 Å². The molecule has 1 aromatic heterocycles. The molecular formula is C13H21N3S. The molecule has 1 unspecified atom stereocenters. The fourth-order valence-electron chi connectivity index (χ4n) is 2.43. The van der Waals surface area contributed by atoms with Crippen molar-refractivity contribution in [3.05, 3.63) is 23.0 Å². The van der Waals surface area contributed by atoms with Crippen LogP contribution in [-0.4, -0.2) is 29.6 Å². The van der Waals surface area contributed by atoms with Crippen molar-refractivity contribution in [2.75, 3.05) is 23.5 Å². The Morgan fingerprint density at radius 2 is 2.29 bits per heavy atom. The molecule has 3 nitrogen and oxygen atoms in total. The Hall–Kier alpha value is -0.740. The highest BCUT2D eigenvalue weighted by molar-refractivity contribution is 7.99. The van der Waals surface area contributed by atoms with Crippen LogP contribution < -0.4 is 10.6 Å². The first kappa shape index (κ1) is 12.7. The van der Waals surface area contributed by atoms with Gasteiger partial charge < -0.3 is 10.6 Å². The SMILES string of the molecule is Cc1cc(N(C)C2CCSC2)c(CN)c(C)n1. The quantitative estimate of drug-likeness (QED) is 0.893. The third-order valence-corrected chi connectivity index (χ3v) is 4.62. The number of pyridine rings is 1. The highest BCUT2D eigenvalue weighted by Crippen LogP contribution is 2.29. The van der Waals surface area contributed by atoms with Crippen LogP contribution >= 0.6 is 11.8 Å². The number of rotatable bonds is 3. The summed E-state index contributed by atoms with van der Waals surface area (Å²) in [4.78, 5) is 6.89. The second-order valence-electron chi connectivity index (χ2n) is 4.68. The normalized spacial score (nSPS) is 19.6. The van der Waals surface area contributed by atoms with Crippen molar-refractivity contribution >= 4 is 17.4 Å². The van der Waals surface area contributed by atoms with Crippen LogP contribution in [0.15, 0.2) is 6.07 Å². The van der Waals surface area contributed by atoms with E-state index in [0.29, 0.717) is 12.6 Å². The summed E-state index contributed by atoms with van der Waals surface area (Å²) in [6.07, 6.45) is 1.27. The molecule has 1 aromatic rings. The molecule has 0 saturated carbocycles. The molecule has 2 heterocycles. The first-order valence-electron chi connectivity index (χ1n) is 6.11. The molecule has 1 aliphatic heterocycles. The number of nitrogens with two attached hydrogens (primary N) is 1. The molecule has 2 rings (SSSR count). The van der Waals surface area contributed by atoms with Crippen LogP contribution in [0.5, 0.6) is 0 Å². The minimum atomic E-state index is 0.568. The van der Waals surface area contributed by atoms with Crippen LogP contribution in [0.4, 0.5) is 5.69 Å². The van der Waals surface area contributed by atoms with Crippen LogP contribution in [0.2, 0.25) is 0 Å². The summed E-state index contributed by atoms with van der Waals surface area (Å²) in [5.41, 5.74) is 10.5. The molecule has 17 heavy (non-hydrogen) atoms. The maximum absolute atomic E-state index is 5.87. The highest BCUT2D eigenvalue weighted by Gasteiger charge is 2.22. The molecular weight excluding hydrogens is 230 g/mol. The Labute approximate surface area is 108 Å². The van der Waals surface area contributed by atoms with Crippen molar-refractivity contribution in [3.63, 3.8) is 0 Å². The molecule has 1 fully saturated rings. The fraction of sp³-hybridized carbons (Fsp3) is 0.615. The van der Waals surface area contributed by atoms with Crippen LogP contribution in [0.25, 0.3) is 0 Å². The van der Waals surface area contributed by atoms with E-state index in [0.717, 1.165) is 11.4 Å². The van der Waals surface area contributed by atoms with E-state index in [4.69, 9.17) is 5.73 Å². The molecule has 0 aliphatic carbocycles. The zero-order chi connectivity index (χ0) is 12.4. The Balaban J connectivity index is 2.35. The van der Waals surface area contributed by atoms with Gasteiger partial charge in [0.1, 0.15) is 0 Å². The van der Waals surface area contributed by atoms with Gasteiger partial charge in [0, 0.05) is 48.0 Å². The monoisotopic (exact) mass is 251 g/mol. The van der Waals surface area contributed by atoms with Gasteiger partial charge in [0.15, 0.2) is 0 Å². The summed E-state index contributed by atoms with van der Waals surface area (Å²) in [7, 11) is 2.18. The number of anilines is 1. The van der Waals surface area contributed by atoms with Gasteiger partial charge in [-0.1, -0.05) is 0 Å². The standard InChI is InChI=1S/C13H21N3S/c1-9-6-13(12(7-14)10(2)15-9)16(3)11-4-5-17-8-11/h6,11H,4-5,7-8,14H2,1-3H3. The minimum absolute atomic E-state index is 0.568. The minimum Gasteiger partial charge on any atom is -0.370 e. The number of aromatic nitrogens is 1. The molecule has 0 amide bonds. The molecule has 4 heteroatoms. The number of hydrogen-bond donors (Lipinski definition) is 1. The maximum Gasteiger partial charge on any atom is 0.0448 e. The lowest BCUT2D eigenvalue weighted by atomic mass is 10.1. The van der Waals surface area contributed by atoms with Crippen LogP contribution in [-0.2, 0) is 6.54 Å². The van der Waals surface area contributed by atoms with Gasteiger partial charge in [-0.2, -0.15) is 11.8 Å². The average Bonchev–Trinajstić information content (AvgIpc) is 2.80. The summed E-state index contributed by atoms with van der Waals surface area (Å²) in [5, 5.41) is 0. The molecule has 0 spiro atoms. The van der Waals surface area contributed by atoms with Gasteiger partial charge in [0.25, 0.3) is 0 Å². The van der Waals surface area contributed by atoms with E-state index in [9.17, 15) is 0 Å². The number of hydrogen-bond acceptors (Lipinski definition) is 4. The predicted molar refractivity (Wildman–Crippen MR) is 75.7 cm³/mol. The van der Waals surface area contributed by atoms with Gasteiger partial charge in [-0.3, -0.25) is 4.98 Å². The molecule has 0 radical (unpaired) electrons. The zero-order valence-electron chi connectivity index (χ0n) is 10.9. The fourth-order valence-corrected chi connectivity index (χ4v) is 3.69. The maximum atomic E-state index is 5.87. The van der Waals surface area contributed by atoms with Crippen molar-refractivity contribution in [3.8, 4) is 0 Å². The van der Waals surface area contributed by atoms with E-state index in [1.54, 1.807) is 0 Å². The first-order chi connectivity index (χ1) is 8.13. The zero-order valence-corrected chi connectivity index (χ0v) is 11.7. The molecule has 1 saturated heterocycles.